The molecule has 2 aromatic carbocycles. The number of benzene rings is 2. The molecular weight excluding hydrogens is 415 g/mol. The number of carbonyl (C=O) groups is 1. The van der Waals surface area contributed by atoms with Crippen molar-refractivity contribution in [3.8, 4) is 11.4 Å². The van der Waals surface area contributed by atoms with Gasteiger partial charge in [-0.05, 0) is 19.1 Å². The second-order valence-corrected chi connectivity index (χ2v) is 7.74. The molecule has 0 aliphatic rings. The van der Waals surface area contributed by atoms with Crippen LogP contribution in [0.4, 0.5) is 5.69 Å². The Bertz CT molecular complexity index is 1000. The highest BCUT2D eigenvalue weighted by Gasteiger charge is 2.15. The highest BCUT2D eigenvalue weighted by atomic mass is 35.5. The van der Waals surface area contributed by atoms with Crippen LogP contribution < -0.4 is 5.32 Å². The summed E-state index contributed by atoms with van der Waals surface area (Å²) in [5.74, 6) is 0.686. The van der Waals surface area contributed by atoms with E-state index in [1.165, 1.54) is 17.3 Å². The van der Waals surface area contributed by atoms with Crippen LogP contribution in [-0.4, -0.2) is 26.4 Å². The molecule has 0 bridgehead atoms. The number of hydrogen-bond acceptors (Lipinski definition) is 4. The summed E-state index contributed by atoms with van der Waals surface area (Å²) in [5, 5.41) is 12.7. The molecule has 1 N–H and O–H groups in total. The van der Waals surface area contributed by atoms with Crippen molar-refractivity contribution in [2.75, 3.05) is 11.1 Å². The lowest BCUT2D eigenvalue weighted by Gasteiger charge is -2.09. The molecule has 0 spiro atoms. The van der Waals surface area contributed by atoms with E-state index in [2.05, 4.69) is 22.1 Å². The molecule has 8 heteroatoms. The number of hydrogen-bond donors (Lipinski definition) is 1. The molecule has 0 saturated heterocycles. The minimum Gasteiger partial charge on any atom is -0.324 e. The van der Waals surface area contributed by atoms with E-state index in [0.29, 0.717) is 27.4 Å². The molecule has 0 unspecified atom stereocenters. The van der Waals surface area contributed by atoms with Crippen LogP contribution in [0.5, 0.6) is 0 Å². The largest absolute Gasteiger partial charge is 0.324 e. The number of halogens is 2. The Morgan fingerprint density at radius 1 is 1.21 bits per heavy atom. The van der Waals surface area contributed by atoms with Gasteiger partial charge >= 0.3 is 0 Å². The molecule has 144 valence electrons. The van der Waals surface area contributed by atoms with E-state index in [9.17, 15) is 4.79 Å². The number of nitrogens with one attached hydrogen (secondary N) is 1. The van der Waals surface area contributed by atoms with Crippen LogP contribution >= 0.6 is 35.0 Å². The van der Waals surface area contributed by atoms with Gasteiger partial charge in [-0.1, -0.05) is 76.9 Å². The van der Waals surface area contributed by atoms with Gasteiger partial charge in [0.25, 0.3) is 0 Å². The van der Waals surface area contributed by atoms with E-state index in [1.807, 2.05) is 35.8 Å². The molecular formula is C20H18Cl2N4OS. The van der Waals surface area contributed by atoms with Crippen molar-refractivity contribution in [1.82, 2.24) is 14.8 Å². The maximum atomic E-state index is 12.3. The highest BCUT2D eigenvalue weighted by molar-refractivity contribution is 7.99. The van der Waals surface area contributed by atoms with Crippen molar-refractivity contribution < 1.29 is 4.79 Å². The minimum absolute atomic E-state index is 0.159. The fourth-order valence-corrected chi connectivity index (χ4v) is 3.62. The molecule has 0 atom stereocenters. The predicted octanol–water partition coefficient (Wildman–Crippen LogP) is 5.48. The average molecular weight is 433 g/mol. The van der Waals surface area contributed by atoms with Gasteiger partial charge in [0.05, 0.1) is 21.5 Å². The second kappa shape index (κ2) is 9.28. The molecule has 1 aromatic heterocycles. The third-order valence-electron chi connectivity index (χ3n) is 3.90. The van der Waals surface area contributed by atoms with Gasteiger partial charge in [-0.3, -0.25) is 9.36 Å². The predicted molar refractivity (Wildman–Crippen MR) is 116 cm³/mol. The molecule has 0 fully saturated rings. The third-order valence-corrected chi connectivity index (χ3v) is 5.68. The smallest absolute Gasteiger partial charge is 0.234 e. The van der Waals surface area contributed by atoms with Gasteiger partial charge in [-0.2, -0.15) is 0 Å². The van der Waals surface area contributed by atoms with Gasteiger partial charge in [-0.15, -0.1) is 16.8 Å². The number of amides is 1. The summed E-state index contributed by atoms with van der Waals surface area (Å²) in [6.07, 6.45) is 1.77. The lowest BCUT2D eigenvalue weighted by molar-refractivity contribution is -0.113. The van der Waals surface area contributed by atoms with Crippen LogP contribution in [0.25, 0.3) is 11.4 Å². The number of anilines is 1. The zero-order valence-corrected chi connectivity index (χ0v) is 17.5. The standard InChI is InChI=1S/C20H18Cl2N4OS/c1-3-11-26-19(14-9-7-13(2)8-10-14)24-25-20(26)28-12-17(27)23-16-6-4-5-15(21)18(16)22/h3-10H,1,11-12H2,2H3,(H,23,27). The molecule has 3 rings (SSSR count). The zero-order chi connectivity index (χ0) is 20.1. The van der Waals surface area contributed by atoms with Crippen LogP contribution in [0.15, 0.2) is 60.3 Å². The van der Waals surface area contributed by atoms with Gasteiger partial charge in [-0.25, -0.2) is 0 Å². The molecule has 0 aliphatic carbocycles. The number of aryl methyl sites for hydroxylation is 1. The summed E-state index contributed by atoms with van der Waals surface area (Å²) in [6.45, 7) is 6.38. The maximum absolute atomic E-state index is 12.3. The number of thioether (sulfide) groups is 1. The molecule has 1 heterocycles. The molecule has 0 aliphatic heterocycles. The topological polar surface area (TPSA) is 59.8 Å². The quantitative estimate of drug-likeness (QED) is 0.396. The summed E-state index contributed by atoms with van der Waals surface area (Å²) in [4.78, 5) is 12.3. The van der Waals surface area contributed by atoms with E-state index >= 15 is 0 Å². The molecule has 1 amide bonds. The first-order valence-electron chi connectivity index (χ1n) is 8.47. The van der Waals surface area contributed by atoms with Gasteiger partial charge in [0, 0.05) is 12.1 Å². The Balaban J connectivity index is 1.73. The lowest BCUT2D eigenvalue weighted by Crippen LogP contribution is -2.15. The maximum Gasteiger partial charge on any atom is 0.234 e. The monoisotopic (exact) mass is 432 g/mol. The normalized spacial score (nSPS) is 10.7. The van der Waals surface area contributed by atoms with Crippen molar-refractivity contribution in [2.45, 2.75) is 18.6 Å². The van der Waals surface area contributed by atoms with Crippen LogP contribution in [0.3, 0.4) is 0 Å². The summed E-state index contributed by atoms with van der Waals surface area (Å²) in [7, 11) is 0. The number of allylic oxidation sites excluding steroid dienone is 1. The Labute approximate surface area is 177 Å². The fourth-order valence-electron chi connectivity index (χ4n) is 2.52. The van der Waals surface area contributed by atoms with Crippen LogP contribution in [-0.2, 0) is 11.3 Å². The first kappa shape index (κ1) is 20.5. The first-order valence-corrected chi connectivity index (χ1v) is 10.2. The summed E-state index contributed by atoms with van der Waals surface area (Å²) in [5.41, 5.74) is 2.61. The van der Waals surface area contributed by atoms with Gasteiger partial charge < -0.3 is 5.32 Å². The first-order chi connectivity index (χ1) is 13.5. The lowest BCUT2D eigenvalue weighted by atomic mass is 10.1. The van der Waals surface area contributed by atoms with Crippen LogP contribution in [0.2, 0.25) is 10.0 Å². The van der Waals surface area contributed by atoms with E-state index in [0.717, 1.165) is 11.4 Å². The van der Waals surface area contributed by atoms with Gasteiger partial charge in [0.1, 0.15) is 0 Å². The van der Waals surface area contributed by atoms with Crippen molar-refractivity contribution in [3.05, 3.63) is 70.7 Å². The summed E-state index contributed by atoms with van der Waals surface area (Å²) < 4.78 is 1.93. The number of carbonyl (C=O) groups excluding carboxylic acids is 1. The van der Waals surface area contributed by atoms with E-state index in [-0.39, 0.29) is 11.7 Å². The van der Waals surface area contributed by atoms with Crippen LogP contribution in [0.1, 0.15) is 5.56 Å². The molecule has 3 aromatic rings. The fraction of sp³-hybridized carbons (Fsp3) is 0.150. The second-order valence-electron chi connectivity index (χ2n) is 6.01. The third kappa shape index (κ3) is 4.76. The highest BCUT2D eigenvalue weighted by Crippen LogP contribution is 2.30. The SMILES string of the molecule is C=CCn1c(SCC(=O)Nc2cccc(Cl)c2Cl)nnc1-c1ccc(C)cc1. The molecule has 0 radical (unpaired) electrons. The van der Waals surface area contributed by atoms with E-state index < -0.39 is 0 Å². The van der Waals surface area contributed by atoms with Crippen molar-refractivity contribution in [3.63, 3.8) is 0 Å². The van der Waals surface area contributed by atoms with E-state index in [1.54, 1.807) is 24.3 Å². The Hall–Kier alpha value is -2.28. The van der Waals surface area contributed by atoms with Gasteiger partial charge in [0.2, 0.25) is 5.91 Å². The zero-order valence-electron chi connectivity index (χ0n) is 15.2. The van der Waals surface area contributed by atoms with Crippen LogP contribution in [0, 0.1) is 6.92 Å². The number of aromatic nitrogens is 3. The summed E-state index contributed by atoms with van der Waals surface area (Å²) in [6, 6.07) is 13.1. The average Bonchev–Trinajstić information content (AvgIpc) is 3.07. The number of nitrogens with zero attached hydrogens (tertiary/aromatic N) is 3. The Morgan fingerprint density at radius 3 is 2.68 bits per heavy atom. The van der Waals surface area contributed by atoms with E-state index in [4.69, 9.17) is 23.2 Å². The Morgan fingerprint density at radius 2 is 1.96 bits per heavy atom. The van der Waals surface area contributed by atoms with Crippen molar-refractivity contribution in [1.29, 1.82) is 0 Å². The molecule has 0 saturated carbocycles. The van der Waals surface area contributed by atoms with Crippen molar-refractivity contribution >= 4 is 46.6 Å². The van der Waals surface area contributed by atoms with Crippen molar-refractivity contribution in [2.24, 2.45) is 0 Å². The molecule has 5 nitrogen and oxygen atoms in total. The summed E-state index contributed by atoms with van der Waals surface area (Å²) >= 11 is 13.4. The molecule has 28 heavy (non-hydrogen) atoms. The minimum atomic E-state index is -0.209. The number of rotatable bonds is 7. The Kier molecular flexibility index (Phi) is 6.78. The van der Waals surface area contributed by atoms with Gasteiger partial charge in [0.15, 0.2) is 11.0 Å².